The Morgan fingerprint density at radius 2 is 2.00 bits per heavy atom. The zero-order valence-corrected chi connectivity index (χ0v) is 9.69. The number of nitrogens with zero attached hydrogens (tertiary/aromatic N) is 1. The van der Waals surface area contributed by atoms with Gasteiger partial charge in [-0.2, -0.15) is 0 Å². The highest BCUT2D eigenvalue weighted by atomic mass is 16.3. The van der Waals surface area contributed by atoms with Crippen LogP contribution in [0.5, 0.6) is 5.75 Å². The quantitative estimate of drug-likeness (QED) is 0.799. The van der Waals surface area contributed by atoms with Crippen LogP contribution in [0.25, 0.3) is 0 Å². The van der Waals surface area contributed by atoms with E-state index in [1.807, 2.05) is 19.1 Å². The Bertz CT molecular complexity index is 353. The van der Waals surface area contributed by atoms with Crippen molar-refractivity contribution in [3.63, 3.8) is 0 Å². The van der Waals surface area contributed by atoms with E-state index in [9.17, 15) is 10.2 Å². The third-order valence-electron chi connectivity index (χ3n) is 3.25. The summed E-state index contributed by atoms with van der Waals surface area (Å²) in [5.41, 5.74) is 0.636. The number of rotatable bonds is 2. The van der Waals surface area contributed by atoms with E-state index < -0.39 is 5.60 Å². The molecule has 0 unspecified atom stereocenters. The maximum Gasteiger partial charge on any atom is 0.115 e. The van der Waals surface area contributed by atoms with Crippen molar-refractivity contribution in [1.29, 1.82) is 0 Å². The first kappa shape index (κ1) is 11.4. The lowest BCUT2D eigenvalue weighted by Crippen LogP contribution is -2.41. The fourth-order valence-electron chi connectivity index (χ4n) is 2.11. The van der Waals surface area contributed by atoms with Crippen LogP contribution >= 0.6 is 0 Å². The lowest BCUT2D eigenvalue weighted by molar-refractivity contribution is -0.00731. The van der Waals surface area contributed by atoms with Gasteiger partial charge in [0.2, 0.25) is 0 Å². The topological polar surface area (TPSA) is 43.7 Å². The number of hydrogen-bond donors (Lipinski definition) is 2. The van der Waals surface area contributed by atoms with Gasteiger partial charge in [0.05, 0.1) is 5.60 Å². The molecule has 0 radical (unpaired) electrons. The molecule has 0 aliphatic carbocycles. The van der Waals surface area contributed by atoms with Gasteiger partial charge in [-0.3, -0.25) is 4.90 Å². The van der Waals surface area contributed by atoms with Crippen LogP contribution < -0.4 is 0 Å². The van der Waals surface area contributed by atoms with Crippen molar-refractivity contribution in [1.82, 2.24) is 4.90 Å². The largest absolute Gasteiger partial charge is 0.508 e. The molecule has 1 aliphatic heterocycles. The van der Waals surface area contributed by atoms with E-state index in [0.717, 1.165) is 38.0 Å². The van der Waals surface area contributed by atoms with Gasteiger partial charge in [0.1, 0.15) is 5.75 Å². The van der Waals surface area contributed by atoms with E-state index in [-0.39, 0.29) is 0 Å². The average Bonchev–Trinajstić information content (AvgIpc) is 2.21. The van der Waals surface area contributed by atoms with Crippen LogP contribution in [0.15, 0.2) is 24.3 Å². The lowest BCUT2D eigenvalue weighted by atomic mass is 9.93. The summed E-state index contributed by atoms with van der Waals surface area (Å²) in [5, 5.41) is 19.2. The Labute approximate surface area is 96.3 Å². The van der Waals surface area contributed by atoms with Gasteiger partial charge >= 0.3 is 0 Å². The summed E-state index contributed by atoms with van der Waals surface area (Å²) in [5.74, 6) is 0.321. The van der Waals surface area contributed by atoms with Gasteiger partial charge in [-0.25, -0.2) is 0 Å². The SMILES string of the molecule is CC1(O)CCN(Cc2cccc(O)c2)CC1. The van der Waals surface area contributed by atoms with Crippen molar-refractivity contribution in [2.24, 2.45) is 0 Å². The summed E-state index contributed by atoms with van der Waals surface area (Å²) in [6.07, 6.45) is 1.65. The Balaban J connectivity index is 1.92. The number of phenols is 1. The van der Waals surface area contributed by atoms with E-state index in [2.05, 4.69) is 4.90 Å². The first-order valence-electron chi connectivity index (χ1n) is 5.78. The average molecular weight is 221 g/mol. The zero-order chi connectivity index (χ0) is 11.6. The molecule has 1 saturated heterocycles. The van der Waals surface area contributed by atoms with Crippen LogP contribution in [0.3, 0.4) is 0 Å². The van der Waals surface area contributed by atoms with Crippen molar-refractivity contribution in [2.45, 2.75) is 31.9 Å². The third-order valence-corrected chi connectivity index (χ3v) is 3.25. The maximum absolute atomic E-state index is 9.84. The zero-order valence-electron chi connectivity index (χ0n) is 9.69. The number of hydrogen-bond acceptors (Lipinski definition) is 3. The van der Waals surface area contributed by atoms with E-state index in [1.165, 1.54) is 0 Å². The second-order valence-electron chi connectivity index (χ2n) is 4.94. The summed E-state index contributed by atoms with van der Waals surface area (Å²) in [6, 6.07) is 7.37. The maximum atomic E-state index is 9.84. The van der Waals surface area contributed by atoms with Crippen LogP contribution in [-0.4, -0.2) is 33.8 Å². The van der Waals surface area contributed by atoms with E-state index >= 15 is 0 Å². The first-order valence-corrected chi connectivity index (χ1v) is 5.78. The molecule has 3 heteroatoms. The molecule has 1 aliphatic rings. The fourth-order valence-corrected chi connectivity index (χ4v) is 2.11. The van der Waals surface area contributed by atoms with Gasteiger partial charge in [0.15, 0.2) is 0 Å². The minimum atomic E-state index is -0.491. The Morgan fingerprint density at radius 1 is 1.31 bits per heavy atom. The highest BCUT2D eigenvalue weighted by molar-refractivity contribution is 5.27. The molecule has 0 saturated carbocycles. The number of phenolic OH excluding ortho intramolecular Hbond substituents is 1. The molecule has 0 amide bonds. The summed E-state index contributed by atoms with van der Waals surface area (Å²) in [7, 11) is 0. The first-order chi connectivity index (χ1) is 7.55. The number of piperidine rings is 1. The van der Waals surface area contributed by atoms with Crippen molar-refractivity contribution in [2.75, 3.05) is 13.1 Å². The van der Waals surface area contributed by atoms with Gasteiger partial charge in [0.25, 0.3) is 0 Å². The monoisotopic (exact) mass is 221 g/mol. The molecule has 88 valence electrons. The fraction of sp³-hybridized carbons (Fsp3) is 0.538. The molecule has 0 bridgehead atoms. The summed E-state index contributed by atoms with van der Waals surface area (Å²) in [4.78, 5) is 2.31. The van der Waals surface area contributed by atoms with Crippen molar-refractivity contribution in [3.8, 4) is 5.75 Å². The Morgan fingerprint density at radius 3 is 2.62 bits per heavy atom. The summed E-state index contributed by atoms with van der Waals surface area (Å²) in [6.45, 7) is 4.59. The van der Waals surface area contributed by atoms with E-state index in [1.54, 1.807) is 12.1 Å². The number of aromatic hydroxyl groups is 1. The molecule has 1 heterocycles. The molecular formula is C13H19NO2. The van der Waals surface area contributed by atoms with E-state index in [4.69, 9.17) is 0 Å². The molecule has 16 heavy (non-hydrogen) atoms. The summed E-state index contributed by atoms with van der Waals surface area (Å²) < 4.78 is 0. The number of aliphatic hydroxyl groups is 1. The normalized spacial score (nSPS) is 20.9. The molecule has 1 fully saturated rings. The van der Waals surface area contributed by atoms with Crippen LogP contribution in [0.1, 0.15) is 25.3 Å². The van der Waals surface area contributed by atoms with Crippen LogP contribution in [-0.2, 0) is 6.54 Å². The van der Waals surface area contributed by atoms with Crippen LogP contribution in [0.2, 0.25) is 0 Å². The molecular weight excluding hydrogens is 202 g/mol. The highest BCUT2D eigenvalue weighted by Gasteiger charge is 2.26. The second kappa shape index (κ2) is 4.44. The van der Waals surface area contributed by atoms with Gasteiger partial charge in [-0.1, -0.05) is 12.1 Å². The van der Waals surface area contributed by atoms with E-state index in [0.29, 0.717) is 5.75 Å². The van der Waals surface area contributed by atoms with Crippen molar-refractivity contribution < 1.29 is 10.2 Å². The van der Waals surface area contributed by atoms with Crippen molar-refractivity contribution >= 4 is 0 Å². The number of likely N-dealkylation sites (tertiary alicyclic amines) is 1. The standard InChI is InChI=1S/C13H19NO2/c1-13(16)5-7-14(8-6-13)10-11-3-2-4-12(15)9-11/h2-4,9,15-16H,5-8,10H2,1H3. The van der Waals surface area contributed by atoms with Gasteiger partial charge < -0.3 is 10.2 Å². The van der Waals surface area contributed by atoms with Crippen LogP contribution in [0.4, 0.5) is 0 Å². The second-order valence-corrected chi connectivity index (χ2v) is 4.94. The van der Waals surface area contributed by atoms with Gasteiger partial charge in [0, 0.05) is 19.6 Å². The minimum absolute atomic E-state index is 0.321. The minimum Gasteiger partial charge on any atom is -0.508 e. The molecule has 0 atom stereocenters. The van der Waals surface area contributed by atoms with Gasteiger partial charge in [-0.15, -0.1) is 0 Å². The predicted molar refractivity (Wildman–Crippen MR) is 63.2 cm³/mol. The lowest BCUT2D eigenvalue weighted by Gasteiger charge is -2.35. The molecule has 1 aromatic rings. The highest BCUT2D eigenvalue weighted by Crippen LogP contribution is 2.23. The third kappa shape index (κ3) is 2.97. The molecule has 1 aromatic carbocycles. The van der Waals surface area contributed by atoms with Gasteiger partial charge in [-0.05, 0) is 37.5 Å². The predicted octanol–water partition coefficient (Wildman–Crippen LogP) is 1.74. The Kier molecular flexibility index (Phi) is 3.17. The van der Waals surface area contributed by atoms with Crippen LogP contribution in [0, 0.1) is 0 Å². The molecule has 0 aromatic heterocycles. The van der Waals surface area contributed by atoms with Crippen molar-refractivity contribution in [3.05, 3.63) is 29.8 Å². The Hall–Kier alpha value is -1.06. The molecule has 2 rings (SSSR count). The molecule has 3 nitrogen and oxygen atoms in total. The molecule has 2 N–H and O–H groups in total. The summed E-state index contributed by atoms with van der Waals surface area (Å²) >= 11 is 0. The number of benzene rings is 1. The smallest absolute Gasteiger partial charge is 0.115 e. The molecule has 0 spiro atoms.